The minimum absolute atomic E-state index is 0.0906. The van der Waals surface area contributed by atoms with Gasteiger partial charge in [0.2, 0.25) is 0 Å². The second-order valence-corrected chi connectivity index (χ2v) is 5.46. The van der Waals surface area contributed by atoms with Crippen LogP contribution in [-0.4, -0.2) is 37.6 Å². The van der Waals surface area contributed by atoms with Crippen LogP contribution in [0.1, 0.15) is 5.56 Å². The van der Waals surface area contributed by atoms with Crippen LogP contribution < -0.4 is 25.0 Å². The second kappa shape index (κ2) is 9.34. The average Bonchev–Trinajstić information content (AvgIpc) is 2.67. The predicted molar refractivity (Wildman–Crippen MR) is 106 cm³/mol. The monoisotopic (exact) mass is 390 g/mol. The average molecular weight is 390 g/mol. The van der Waals surface area contributed by atoms with Gasteiger partial charge in [0.1, 0.15) is 11.4 Å². The third-order valence-corrected chi connectivity index (χ3v) is 3.65. The topological polar surface area (TPSA) is 107 Å². The molecule has 0 atom stereocenters. The van der Waals surface area contributed by atoms with Crippen molar-refractivity contribution in [3.05, 3.63) is 52.1 Å². The van der Waals surface area contributed by atoms with E-state index < -0.39 is 4.92 Å². The summed E-state index contributed by atoms with van der Waals surface area (Å²) >= 11 is 5.11. The molecule has 0 heterocycles. The van der Waals surface area contributed by atoms with Crippen molar-refractivity contribution in [3.8, 4) is 17.2 Å². The molecule has 0 amide bonds. The molecule has 0 aliphatic heterocycles. The molecule has 0 unspecified atom stereocenters. The first-order valence-corrected chi connectivity index (χ1v) is 8.04. The van der Waals surface area contributed by atoms with Gasteiger partial charge in [0.25, 0.3) is 5.69 Å². The molecule has 27 heavy (non-hydrogen) atoms. The van der Waals surface area contributed by atoms with E-state index >= 15 is 0 Å². The zero-order chi connectivity index (χ0) is 19.8. The van der Waals surface area contributed by atoms with Gasteiger partial charge in [-0.15, -0.1) is 0 Å². The lowest BCUT2D eigenvalue weighted by Crippen LogP contribution is -2.24. The van der Waals surface area contributed by atoms with Gasteiger partial charge in [-0.3, -0.25) is 15.5 Å². The maximum atomic E-state index is 11.0. The summed E-state index contributed by atoms with van der Waals surface area (Å²) < 4.78 is 15.8. The molecule has 2 N–H and O–H groups in total. The lowest BCUT2D eigenvalue weighted by atomic mass is 10.2. The molecule has 9 nitrogen and oxygen atoms in total. The van der Waals surface area contributed by atoms with Crippen LogP contribution in [-0.2, 0) is 0 Å². The molecule has 0 saturated carbocycles. The van der Waals surface area contributed by atoms with Crippen LogP contribution >= 0.6 is 12.2 Å². The molecule has 0 fully saturated rings. The van der Waals surface area contributed by atoms with Crippen LogP contribution in [0.3, 0.4) is 0 Å². The molecule has 2 rings (SSSR count). The minimum Gasteiger partial charge on any atom is -0.496 e. The van der Waals surface area contributed by atoms with Gasteiger partial charge in [0.15, 0.2) is 16.6 Å². The van der Waals surface area contributed by atoms with Crippen molar-refractivity contribution >= 4 is 34.9 Å². The van der Waals surface area contributed by atoms with Crippen molar-refractivity contribution in [3.63, 3.8) is 0 Å². The molecule has 0 aliphatic rings. The van der Waals surface area contributed by atoms with Crippen molar-refractivity contribution in [2.75, 3.05) is 26.6 Å². The number of hydrogen-bond acceptors (Lipinski definition) is 7. The number of rotatable bonds is 7. The van der Waals surface area contributed by atoms with Crippen molar-refractivity contribution in [1.29, 1.82) is 0 Å². The number of methoxy groups -OCH3 is 3. The Labute approximate surface area is 161 Å². The second-order valence-electron chi connectivity index (χ2n) is 5.05. The molecule has 2 aromatic rings. The molecule has 0 saturated heterocycles. The lowest BCUT2D eigenvalue weighted by molar-refractivity contribution is -0.383. The van der Waals surface area contributed by atoms with Crippen molar-refractivity contribution in [2.24, 2.45) is 5.10 Å². The number of nitro groups is 1. The number of benzene rings is 2. The summed E-state index contributed by atoms with van der Waals surface area (Å²) in [7, 11) is 4.57. The van der Waals surface area contributed by atoms with E-state index in [1.54, 1.807) is 30.3 Å². The van der Waals surface area contributed by atoms with Crippen LogP contribution in [0.15, 0.2) is 41.5 Å². The molecule has 142 valence electrons. The van der Waals surface area contributed by atoms with Gasteiger partial charge < -0.3 is 19.5 Å². The Kier molecular flexibility index (Phi) is 6.89. The first-order valence-electron chi connectivity index (χ1n) is 7.63. The van der Waals surface area contributed by atoms with E-state index in [2.05, 4.69) is 15.8 Å². The summed E-state index contributed by atoms with van der Waals surface area (Å²) in [6.45, 7) is 0. The van der Waals surface area contributed by atoms with Gasteiger partial charge in [0.05, 0.1) is 32.5 Å². The molecular formula is C17H18N4O5S. The Morgan fingerprint density at radius 3 is 2.37 bits per heavy atom. The number of nitrogens with one attached hydrogen (secondary N) is 2. The highest BCUT2D eigenvalue weighted by Crippen LogP contribution is 2.33. The van der Waals surface area contributed by atoms with Gasteiger partial charge in [0, 0.05) is 17.7 Å². The van der Waals surface area contributed by atoms with Gasteiger partial charge in [-0.2, -0.15) is 5.10 Å². The third-order valence-electron chi connectivity index (χ3n) is 3.45. The van der Waals surface area contributed by atoms with E-state index in [0.717, 1.165) is 0 Å². The molecule has 0 radical (unpaired) electrons. The zero-order valence-electron chi connectivity index (χ0n) is 14.9. The fourth-order valence-electron chi connectivity index (χ4n) is 2.20. The van der Waals surface area contributed by atoms with E-state index in [-0.39, 0.29) is 16.5 Å². The van der Waals surface area contributed by atoms with E-state index in [9.17, 15) is 10.1 Å². The highest BCUT2D eigenvalue weighted by Gasteiger charge is 2.13. The lowest BCUT2D eigenvalue weighted by Gasteiger charge is -2.12. The Bertz CT molecular complexity index is 872. The number of hydrazone groups is 1. The summed E-state index contributed by atoms with van der Waals surface area (Å²) in [6, 6.07) is 9.53. The number of para-hydroxylation sites is 2. The van der Waals surface area contributed by atoms with Crippen molar-refractivity contribution in [1.82, 2.24) is 5.43 Å². The van der Waals surface area contributed by atoms with Gasteiger partial charge in [-0.05, 0) is 24.4 Å². The third kappa shape index (κ3) is 5.05. The van der Waals surface area contributed by atoms with Gasteiger partial charge in [-0.25, -0.2) is 0 Å². The summed E-state index contributed by atoms with van der Waals surface area (Å²) in [6.07, 6.45) is 1.48. The van der Waals surface area contributed by atoms with E-state index in [1.165, 1.54) is 33.6 Å². The van der Waals surface area contributed by atoms with Crippen LogP contribution in [0, 0.1) is 10.1 Å². The van der Waals surface area contributed by atoms with Crippen molar-refractivity contribution in [2.45, 2.75) is 0 Å². The Balaban J connectivity index is 2.11. The summed E-state index contributed by atoms with van der Waals surface area (Å²) in [5.41, 5.74) is 3.40. The quantitative estimate of drug-likeness (QED) is 0.322. The Morgan fingerprint density at radius 2 is 1.74 bits per heavy atom. The number of anilines is 1. The summed E-state index contributed by atoms with van der Waals surface area (Å²) in [5, 5.41) is 17.9. The Hall–Kier alpha value is -3.40. The minimum atomic E-state index is -0.497. The van der Waals surface area contributed by atoms with Crippen LogP contribution in [0.2, 0.25) is 0 Å². The van der Waals surface area contributed by atoms with Crippen LogP contribution in [0.25, 0.3) is 0 Å². The van der Waals surface area contributed by atoms with Gasteiger partial charge in [-0.1, -0.05) is 12.1 Å². The first kappa shape index (κ1) is 19.9. The fraction of sp³-hybridized carbons (Fsp3) is 0.176. The van der Waals surface area contributed by atoms with E-state index in [4.69, 9.17) is 26.4 Å². The normalized spacial score (nSPS) is 10.3. The summed E-state index contributed by atoms with van der Waals surface area (Å²) in [4.78, 5) is 10.5. The molecular weight excluding hydrogens is 372 g/mol. The fourth-order valence-corrected chi connectivity index (χ4v) is 2.37. The molecule has 0 bridgehead atoms. The largest absolute Gasteiger partial charge is 0.496 e. The maximum Gasteiger partial charge on any atom is 0.292 e. The summed E-state index contributed by atoms with van der Waals surface area (Å²) in [5.74, 6) is 1.56. The van der Waals surface area contributed by atoms with E-state index in [0.29, 0.717) is 22.8 Å². The molecule has 10 heteroatoms. The number of nitro benzene ring substituents is 1. The molecule has 2 aromatic carbocycles. The number of ether oxygens (including phenoxy) is 3. The predicted octanol–water partition coefficient (Wildman–Crippen LogP) is 2.94. The highest BCUT2D eigenvalue weighted by atomic mass is 32.1. The number of hydrogen-bond donors (Lipinski definition) is 2. The molecule has 0 spiro atoms. The van der Waals surface area contributed by atoms with Crippen LogP contribution in [0.5, 0.6) is 17.2 Å². The maximum absolute atomic E-state index is 11.0. The van der Waals surface area contributed by atoms with E-state index in [1.807, 2.05) is 0 Å². The Morgan fingerprint density at radius 1 is 1.11 bits per heavy atom. The number of thiocarbonyl (C=S) groups is 1. The van der Waals surface area contributed by atoms with Crippen molar-refractivity contribution < 1.29 is 19.1 Å². The smallest absolute Gasteiger partial charge is 0.292 e. The first-order chi connectivity index (χ1) is 13.0. The SMILES string of the molecule is COc1cc(OC)c(OC)cc1/C=N\NC(=S)Nc1ccccc1[N+](=O)[O-]. The zero-order valence-corrected chi connectivity index (χ0v) is 15.7. The van der Waals surface area contributed by atoms with Gasteiger partial charge >= 0.3 is 0 Å². The van der Waals surface area contributed by atoms with Crippen LogP contribution in [0.4, 0.5) is 11.4 Å². The standard InChI is InChI=1S/C17H18N4O5S/c1-24-14-9-16(26-3)15(25-2)8-11(14)10-18-20-17(27)19-12-6-4-5-7-13(12)21(22)23/h4-10H,1-3H3,(H2,19,20,27)/b18-10-. The highest BCUT2D eigenvalue weighted by molar-refractivity contribution is 7.80. The number of nitrogens with zero attached hydrogens (tertiary/aromatic N) is 2. The molecule has 0 aliphatic carbocycles. The molecule has 0 aromatic heterocycles.